The zero-order valence-electron chi connectivity index (χ0n) is 9.79. The predicted octanol–water partition coefficient (Wildman–Crippen LogP) is 1.67. The van der Waals surface area contributed by atoms with Crippen LogP contribution in [-0.2, 0) is 9.53 Å². The van der Waals surface area contributed by atoms with Gasteiger partial charge in [-0.05, 0) is 31.4 Å². The van der Waals surface area contributed by atoms with Crippen molar-refractivity contribution in [3.05, 3.63) is 0 Å². The molecule has 0 radical (unpaired) electrons. The number of carbonyl (C=O) groups is 1. The molecule has 2 atom stereocenters. The number of nitrogens with one attached hydrogen (secondary N) is 1. The average molecular weight is 231 g/mol. The van der Waals surface area contributed by atoms with E-state index in [9.17, 15) is 4.79 Å². The van der Waals surface area contributed by atoms with Crippen LogP contribution >= 0.6 is 11.8 Å². The monoisotopic (exact) mass is 231 g/mol. The molecule has 15 heavy (non-hydrogen) atoms. The summed E-state index contributed by atoms with van der Waals surface area (Å²) < 4.78 is 4.83. The molecule has 0 heterocycles. The molecule has 0 spiro atoms. The molecule has 4 heteroatoms. The van der Waals surface area contributed by atoms with E-state index in [4.69, 9.17) is 4.74 Å². The molecular formula is C11H21NO2S. The zero-order chi connectivity index (χ0) is 11.3. The summed E-state index contributed by atoms with van der Waals surface area (Å²) in [6, 6.07) is 0.344. The van der Waals surface area contributed by atoms with Gasteiger partial charge in [-0.3, -0.25) is 4.79 Å². The van der Waals surface area contributed by atoms with Crippen LogP contribution in [-0.4, -0.2) is 37.2 Å². The molecule has 88 valence electrons. The van der Waals surface area contributed by atoms with Gasteiger partial charge in [0.05, 0.1) is 7.11 Å². The van der Waals surface area contributed by atoms with E-state index >= 15 is 0 Å². The molecule has 1 aliphatic rings. The molecule has 0 aliphatic heterocycles. The maximum absolute atomic E-state index is 11.6. The smallest absolute Gasteiger partial charge is 0.323 e. The predicted molar refractivity (Wildman–Crippen MR) is 64.1 cm³/mol. The third-order valence-corrected chi connectivity index (χ3v) is 3.56. The lowest BCUT2D eigenvalue weighted by atomic mass is 10.1. The number of methoxy groups -OCH3 is 1. The minimum absolute atomic E-state index is 0.0768. The topological polar surface area (TPSA) is 38.3 Å². The zero-order valence-corrected chi connectivity index (χ0v) is 10.6. The van der Waals surface area contributed by atoms with Gasteiger partial charge in [-0.25, -0.2) is 0 Å². The van der Waals surface area contributed by atoms with Gasteiger partial charge in [0.15, 0.2) is 0 Å². The van der Waals surface area contributed by atoms with E-state index in [1.54, 1.807) is 0 Å². The molecule has 1 rings (SSSR count). The molecule has 0 aromatic carbocycles. The van der Waals surface area contributed by atoms with Gasteiger partial charge in [0.1, 0.15) is 6.04 Å². The van der Waals surface area contributed by atoms with E-state index in [0.29, 0.717) is 12.0 Å². The summed E-state index contributed by atoms with van der Waals surface area (Å²) in [5.41, 5.74) is 0. The van der Waals surface area contributed by atoms with Crippen molar-refractivity contribution in [3.8, 4) is 0 Å². The van der Waals surface area contributed by atoms with Crippen molar-refractivity contribution >= 4 is 17.7 Å². The van der Waals surface area contributed by atoms with Crippen LogP contribution in [0.25, 0.3) is 0 Å². The first kappa shape index (κ1) is 12.8. The summed E-state index contributed by atoms with van der Waals surface area (Å²) in [6.07, 6.45) is 5.46. The van der Waals surface area contributed by atoms with Crippen molar-refractivity contribution < 1.29 is 9.53 Å². The molecule has 1 aliphatic carbocycles. The van der Waals surface area contributed by atoms with Gasteiger partial charge in [-0.2, -0.15) is 11.8 Å². The minimum Gasteiger partial charge on any atom is -0.468 e. The molecule has 1 saturated carbocycles. The molecule has 0 aromatic rings. The second-order valence-electron chi connectivity index (χ2n) is 4.07. The average Bonchev–Trinajstić information content (AvgIpc) is 3.07. The van der Waals surface area contributed by atoms with Gasteiger partial charge in [0.25, 0.3) is 0 Å². The van der Waals surface area contributed by atoms with E-state index in [2.05, 4.69) is 18.5 Å². The summed E-state index contributed by atoms with van der Waals surface area (Å²) >= 11 is 1.81. The van der Waals surface area contributed by atoms with Crippen LogP contribution in [0.2, 0.25) is 0 Å². The van der Waals surface area contributed by atoms with Gasteiger partial charge in [0.2, 0.25) is 0 Å². The summed E-state index contributed by atoms with van der Waals surface area (Å²) in [5.74, 6) is 1.46. The van der Waals surface area contributed by atoms with Crippen LogP contribution in [0.4, 0.5) is 0 Å². The number of carbonyl (C=O) groups excluding carboxylic acids is 1. The number of ether oxygens (including phenoxy) is 1. The van der Waals surface area contributed by atoms with Crippen molar-refractivity contribution in [1.29, 1.82) is 0 Å². The quantitative estimate of drug-likeness (QED) is 0.676. The number of hydrogen-bond acceptors (Lipinski definition) is 4. The van der Waals surface area contributed by atoms with Crippen LogP contribution in [0.15, 0.2) is 0 Å². The van der Waals surface area contributed by atoms with Crippen molar-refractivity contribution in [3.63, 3.8) is 0 Å². The van der Waals surface area contributed by atoms with Crippen LogP contribution < -0.4 is 5.32 Å². The second kappa shape index (κ2) is 6.38. The highest BCUT2D eigenvalue weighted by Gasteiger charge is 2.37. The van der Waals surface area contributed by atoms with Crippen molar-refractivity contribution in [2.24, 2.45) is 5.92 Å². The highest BCUT2D eigenvalue weighted by atomic mass is 32.2. The lowest BCUT2D eigenvalue weighted by Crippen LogP contribution is -2.46. The molecule has 2 unspecified atom stereocenters. The van der Waals surface area contributed by atoms with Gasteiger partial charge >= 0.3 is 5.97 Å². The molecule has 0 bridgehead atoms. The molecule has 0 aromatic heterocycles. The van der Waals surface area contributed by atoms with Crippen molar-refractivity contribution in [2.75, 3.05) is 19.1 Å². The third-order valence-electron chi connectivity index (χ3n) is 2.82. The fourth-order valence-electron chi connectivity index (χ4n) is 1.69. The lowest BCUT2D eigenvalue weighted by molar-refractivity contribution is -0.143. The largest absolute Gasteiger partial charge is 0.468 e. The highest BCUT2D eigenvalue weighted by molar-refractivity contribution is 7.98. The molecule has 0 saturated heterocycles. The Morgan fingerprint density at radius 3 is 2.67 bits per heavy atom. The molecule has 1 N–H and O–H groups in total. The van der Waals surface area contributed by atoms with E-state index in [1.165, 1.54) is 7.11 Å². The maximum Gasteiger partial charge on any atom is 0.323 e. The fraction of sp³-hybridized carbons (Fsp3) is 0.909. The Morgan fingerprint density at radius 2 is 2.27 bits per heavy atom. The first-order chi connectivity index (χ1) is 7.22. The fourth-order valence-corrected chi connectivity index (χ4v) is 2.43. The minimum atomic E-state index is -0.1000. The Balaban J connectivity index is 2.45. The molecular weight excluding hydrogens is 210 g/mol. The van der Waals surface area contributed by atoms with E-state index in [1.807, 2.05) is 11.8 Å². The number of esters is 1. The van der Waals surface area contributed by atoms with Crippen LogP contribution in [0.1, 0.15) is 26.2 Å². The number of hydrogen-bond donors (Lipinski definition) is 1. The molecule has 0 amide bonds. The normalized spacial score (nSPS) is 19.7. The summed E-state index contributed by atoms with van der Waals surface area (Å²) in [4.78, 5) is 11.6. The standard InChI is InChI=1S/C11H21NO2S/c1-4-9(7-15-3)12-10(8-5-6-8)11(13)14-2/h8-10,12H,4-7H2,1-3H3. The Bertz CT molecular complexity index is 207. The number of rotatable bonds is 7. The highest BCUT2D eigenvalue weighted by Crippen LogP contribution is 2.33. The van der Waals surface area contributed by atoms with Crippen LogP contribution in [0.5, 0.6) is 0 Å². The summed E-state index contributed by atoms with van der Waals surface area (Å²) in [6.45, 7) is 2.15. The maximum atomic E-state index is 11.6. The Hall–Kier alpha value is -0.220. The third kappa shape index (κ3) is 4.03. The summed E-state index contributed by atoms with van der Waals surface area (Å²) in [7, 11) is 1.47. The van der Waals surface area contributed by atoms with Gasteiger partial charge in [0, 0.05) is 11.8 Å². The second-order valence-corrected chi connectivity index (χ2v) is 4.98. The lowest BCUT2D eigenvalue weighted by Gasteiger charge is -2.22. The van der Waals surface area contributed by atoms with Gasteiger partial charge in [-0.1, -0.05) is 6.92 Å². The van der Waals surface area contributed by atoms with Gasteiger partial charge in [-0.15, -0.1) is 0 Å². The van der Waals surface area contributed by atoms with Crippen molar-refractivity contribution in [2.45, 2.75) is 38.3 Å². The Labute approximate surface area is 96.3 Å². The first-order valence-corrected chi connectivity index (χ1v) is 6.95. The van der Waals surface area contributed by atoms with E-state index in [-0.39, 0.29) is 12.0 Å². The molecule has 3 nitrogen and oxygen atoms in total. The van der Waals surface area contributed by atoms with E-state index < -0.39 is 0 Å². The first-order valence-electron chi connectivity index (χ1n) is 5.55. The SMILES string of the molecule is CCC(CSC)NC(C(=O)OC)C1CC1. The van der Waals surface area contributed by atoms with Crippen molar-refractivity contribution in [1.82, 2.24) is 5.32 Å². The number of thioether (sulfide) groups is 1. The van der Waals surface area contributed by atoms with Gasteiger partial charge < -0.3 is 10.1 Å². The van der Waals surface area contributed by atoms with Crippen LogP contribution in [0.3, 0.4) is 0 Å². The Morgan fingerprint density at radius 1 is 1.60 bits per heavy atom. The Kier molecular flexibility index (Phi) is 5.47. The summed E-state index contributed by atoms with van der Waals surface area (Å²) in [5, 5.41) is 3.42. The van der Waals surface area contributed by atoms with E-state index in [0.717, 1.165) is 25.0 Å². The van der Waals surface area contributed by atoms with Crippen LogP contribution in [0, 0.1) is 5.92 Å². The molecule has 1 fully saturated rings.